The summed E-state index contributed by atoms with van der Waals surface area (Å²) in [6, 6.07) is 8.22. The quantitative estimate of drug-likeness (QED) is 0.567. The van der Waals surface area contributed by atoms with Crippen LogP contribution in [0.2, 0.25) is 0 Å². The molecule has 0 spiro atoms. The van der Waals surface area contributed by atoms with Gasteiger partial charge in [-0.3, -0.25) is 14.5 Å². The van der Waals surface area contributed by atoms with Crippen LogP contribution in [0.4, 0.5) is 10.2 Å². The monoisotopic (exact) mass is 478 g/mol. The number of hydrogen-bond donors (Lipinski definition) is 1. The zero-order valence-corrected chi connectivity index (χ0v) is 19.5. The maximum atomic E-state index is 13.9. The Hall–Kier alpha value is -3.56. The summed E-state index contributed by atoms with van der Waals surface area (Å²) in [5.41, 5.74) is 1.91. The molecule has 1 saturated heterocycles. The predicted octanol–water partition coefficient (Wildman–Crippen LogP) is 3.22. The van der Waals surface area contributed by atoms with Gasteiger partial charge in [0.1, 0.15) is 11.6 Å². The van der Waals surface area contributed by atoms with Crippen molar-refractivity contribution in [1.82, 2.24) is 14.8 Å². The molecule has 0 aliphatic carbocycles. The fraction of sp³-hybridized carbons (Fsp3) is 0.346. The standard InChI is InChI=1S/C26H27FN4O4/c1-30(16-20-14-18-3-2-4-21(27)24(18)35-20)23(32)8-5-17-13-19-6-7-22(31-9-11-34-12-10-31)26(33)29-25(19)28-15-17/h2-5,8,13-15,22H,6-7,9-12,16H2,1H3,(H,28,29,33). The minimum Gasteiger partial charge on any atom is -0.456 e. The molecule has 2 aromatic heterocycles. The third kappa shape index (κ3) is 5.11. The van der Waals surface area contributed by atoms with E-state index < -0.39 is 5.82 Å². The number of furan rings is 1. The molecule has 3 aromatic rings. The Morgan fingerprint density at radius 3 is 2.94 bits per heavy atom. The van der Waals surface area contributed by atoms with E-state index in [4.69, 9.17) is 9.15 Å². The van der Waals surface area contributed by atoms with Crippen molar-refractivity contribution in [1.29, 1.82) is 0 Å². The minimum absolute atomic E-state index is 0.0382. The number of benzene rings is 1. The second kappa shape index (κ2) is 9.97. The number of halogens is 1. The highest BCUT2D eigenvalue weighted by Crippen LogP contribution is 2.25. The van der Waals surface area contributed by atoms with Crippen molar-refractivity contribution in [2.75, 3.05) is 38.7 Å². The molecule has 1 atom stereocenters. The average Bonchev–Trinajstić information content (AvgIpc) is 3.20. The van der Waals surface area contributed by atoms with Crippen molar-refractivity contribution in [2.45, 2.75) is 25.4 Å². The molecule has 9 heteroatoms. The lowest BCUT2D eigenvalue weighted by atomic mass is 10.0. The van der Waals surface area contributed by atoms with Gasteiger partial charge in [0, 0.05) is 37.8 Å². The molecule has 0 radical (unpaired) electrons. The molecular weight excluding hydrogens is 451 g/mol. The zero-order chi connectivity index (χ0) is 24.4. The molecular formula is C26H27FN4O4. The van der Waals surface area contributed by atoms with Crippen LogP contribution in [0.1, 0.15) is 23.3 Å². The number of pyridine rings is 1. The van der Waals surface area contributed by atoms with Crippen LogP contribution >= 0.6 is 0 Å². The summed E-state index contributed by atoms with van der Waals surface area (Å²) in [7, 11) is 1.66. The van der Waals surface area contributed by atoms with E-state index in [-0.39, 0.29) is 30.0 Å². The van der Waals surface area contributed by atoms with E-state index in [0.717, 1.165) is 24.2 Å². The highest BCUT2D eigenvalue weighted by atomic mass is 19.1. The number of aromatic nitrogens is 1. The molecule has 2 amide bonds. The Kier molecular flexibility index (Phi) is 6.61. The molecule has 1 fully saturated rings. The fourth-order valence-corrected chi connectivity index (χ4v) is 4.55. The van der Waals surface area contributed by atoms with E-state index >= 15 is 0 Å². The largest absolute Gasteiger partial charge is 0.456 e. The topological polar surface area (TPSA) is 87.9 Å². The molecule has 1 aromatic carbocycles. The lowest BCUT2D eigenvalue weighted by molar-refractivity contribution is -0.125. The Balaban J connectivity index is 1.23. The third-order valence-corrected chi connectivity index (χ3v) is 6.44. The summed E-state index contributed by atoms with van der Waals surface area (Å²) >= 11 is 0. The Morgan fingerprint density at radius 2 is 2.14 bits per heavy atom. The van der Waals surface area contributed by atoms with Crippen molar-refractivity contribution in [2.24, 2.45) is 0 Å². The SMILES string of the molecule is CN(Cc1cc2cccc(F)c2o1)C(=O)C=Cc1cnc2c(c1)CCC(N1CCOCC1)C(=O)N2. The molecule has 5 rings (SSSR count). The summed E-state index contributed by atoms with van der Waals surface area (Å²) in [5, 5.41) is 3.62. The maximum Gasteiger partial charge on any atom is 0.246 e. The molecule has 35 heavy (non-hydrogen) atoms. The van der Waals surface area contributed by atoms with E-state index in [2.05, 4.69) is 15.2 Å². The molecule has 182 valence electrons. The number of nitrogens with zero attached hydrogens (tertiary/aromatic N) is 3. The predicted molar refractivity (Wildman–Crippen MR) is 129 cm³/mol. The van der Waals surface area contributed by atoms with Crippen LogP contribution in [0.15, 0.2) is 47.0 Å². The van der Waals surface area contributed by atoms with Gasteiger partial charge in [-0.1, -0.05) is 12.1 Å². The van der Waals surface area contributed by atoms with Crippen molar-refractivity contribution in [3.8, 4) is 0 Å². The number of nitrogens with one attached hydrogen (secondary N) is 1. The average molecular weight is 479 g/mol. The van der Waals surface area contributed by atoms with E-state index in [1.54, 1.807) is 37.5 Å². The number of carbonyl (C=O) groups excluding carboxylic acids is 2. The second-order valence-corrected chi connectivity index (χ2v) is 8.87. The summed E-state index contributed by atoms with van der Waals surface area (Å²) in [6.07, 6.45) is 6.23. The number of likely N-dealkylation sites (N-methyl/N-ethyl adjacent to an activating group) is 1. The van der Waals surface area contributed by atoms with Gasteiger partial charge < -0.3 is 19.4 Å². The van der Waals surface area contributed by atoms with Crippen LogP contribution in [0.5, 0.6) is 0 Å². The van der Waals surface area contributed by atoms with Crippen molar-refractivity contribution >= 4 is 34.7 Å². The molecule has 2 aliphatic rings. The van der Waals surface area contributed by atoms with Crippen LogP contribution < -0.4 is 5.32 Å². The van der Waals surface area contributed by atoms with Crippen LogP contribution in [0.25, 0.3) is 17.0 Å². The lowest BCUT2D eigenvalue weighted by Crippen LogP contribution is -2.48. The number of anilines is 1. The molecule has 0 saturated carbocycles. The summed E-state index contributed by atoms with van der Waals surface area (Å²) in [5.74, 6) is 0.395. The van der Waals surface area contributed by atoms with Gasteiger partial charge in [0.25, 0.3) is 0 Å². The van der Waals surface area contributed by atoms with Crippen molar-refractivity contribution in [3.63, 3.8) is 0 Å². The number of para-hydroxylation sites is 1. The molecule has 0 bridgehead atoms. The Morgan fingerprint density at radius 1 is 1.31 bits per heavy atom. The first-order valence-corrected chi connectivity index (χ1v) is 11.7. The number of rotatable bonds is 5. The van der Waals surface area contributed by atoms with Crippen LogP contribution in [0, 0.1) is 5.82 Å². The van der Waals surface area contributed by atoms with Crippen LogP contribution in [-0.2, 0) is 27.3 Å². The second-order valence-electron chi connectivity index (χ2n) is 8.87. The number of fused-ring (bicyclic) bond motifs is 2. The van der Waals surface area contributed by atoms with Gasteiger partial charge in [0.15, 0.2) is 11.4 Å². The van der Waals surface area contributed by atoms with Gasteiger partial charge in [-0.2, -0.15) is 0 Å². The van der Waals surface area contributed by atoms with Gasteiger partial charge in [-0.25, -0.2) is 9.37 Å². The van der Waals surface area contributed by atoms with E-state index in [1.165, 1.54) is 17.0 Å². The third-order valence-electron chi connectivity index (χ3n) is 6.44. The van der Waals surface area contributed by atoms with Gasteiger partial charge in [0.2, 0.25) is 11.8 Å². The lowest BCUT2D eigenvalue weighted by Gasteiger charge is -2.32. The first-order valence-electron chi connectivity index (χ1n) is 11.7. The van der Waals surface area contributed by atoms with Gasteiger partial charge in [-0.15, -0.1) is 0 Å². The summed E-state index contributed by atoms with van der Waals surface area (Å²) in [4.78, 5) is 33.5. The van der Waals surface area contributed by atoms with Gasteiger partial charge >= 0.3 is 0 Å². The number of carbonyl (C=O) groups is 2. The summed E-state index contributed by atoms with van der Waals surface area (Å²) < 4.78 is 24.8. The highest BCUT2D eigenvalue weighted by molar-refractivity contribution is 5.95. The van der Waals surface area contributed by atoms with Crippen LogP contribution in [-0.4, -0.2) is 66.0 Å². The zero-order valence-electron chi connectivity index (χ0n) is 19.5. The van der Waals surface area contributed by atoms with E-state index in [1.807, 2.05) is 6.07 Å². The Labute approximate surface area is 202 Å². The smallest absolute Gasteiger partial charge is 0.246 e. The number of morpholine rings is 1. The van der Waals surface area contributed by atoms with E-state index in [0.29, 0.717) is 43.0 Å². The number of ether oxygens (including phenoxy) is 1. The van der Waals surface area contributed by atoms with Crippen molar-refractivity contribution < 1.29 is 23.1 Å². The van der Waals surface area contributed by atoms with Gasteiger partial charge in [-0.05, 0) is 48.2 Å². The molecule has 4 heterocycles. The molecule has 1 unspecified atom stereocenters. The number of aryl methyl sites for hydroxylation is 1. The highest BCUT2D eigenvalue weighted by Gasteiger charge is 2.30. The number of amides is 2. The molecule has 1 N–H and O–H groups in total. The summed E-state index contributed by atoms with van der Waals surface area (Å²) in [6.45, 7) is 2.98. The molecule has 2 aliphatic heterocycles. The fourth-order valence-electron chi connectivity index (χ4n) is 4.55. The Bertz CT molecular complexity index is 1280. The molecule has 8 nitrogen and oxygen atoms in total. The normalized spacial score (nSPS) is 18.9. The maximum absolute atomic E-state index is 13.9. The van der Waals surface area contributed by atoms with Crippen molar-refractivity contribution in [3.05, 3.63) is 65.3 Å². The number of hydrogen-bond acceptors (Lipinski definition) is 6. The minimum atomic E-state index is -0.425. The van der Waals surface area contributed by atoms with Gasteiger partial charge in [0.05, 0.1) is 25.8 Å². The van der Waals surface area contributed by atoms with Crippen LogP contribution in [0.3, 0.4) is 0 Å². The van der Waals surface area contributed by atoms with E-state index in [9.17, 15) is 14.0 Å². The first kappa shape index (κ1) is 23.2. The first-order chi connectivity index (χ1) is 17.0.